The molecular weight excluding hydrogens is 246 g/mol. The van der Waals surface area contributed by atoms with Gasteiger partial charge in [-0.25, -0.2) is 4.79 Å². The smallest absolute Gasteiger partial charge is 0.384 e. The fraction of sp³-hybridized carbons (Fsp3) is 0.214. The molecule has 0 atom stereocenters. The number of fused-ring (bicyclic) bond motifs is 1. The number of esters is 1. The number of nitrogens with one attached hydrogen (secondary N) is 1. The SMILES string of the molecule is CCOC(=O)C#Cc1c(C)ccc2c1C(=O)C(=O)N2. The average molecular weight is 257 g/mol. The number of amides is 1. The van der Waals surface area contributed by atoms with E-state index in [1.165, 1.54) is 0 Å². The number of hydrogen-bond acceptors (Lipinski definition) is 4. The first-order chi connectivity index (χ1) is 9.04. The van der Waals surface area contributed by atoms with Crippen LogP contribution >= 0.6 is 0 Å². The van der Waals surface area contributed by atoms with Gasteiger partial charge in [0.15, 0.2) is 0 Å². The number of carbonyl (C=O) groups excluding carboxylic acids is 3. The van der Waals surface area contributed by atoms with Crippen LogP contribution in [-0.4, -0.2) is 24.3 Å². The van der Waals surface area contributed by atoms with Gasteiger partial charge in [0.05, 0.1) is 17.9 Å². The summed E-state index contributed by atoms with van der Waals surface area (Å²) in [7, 11) is 0. The van der Waals surface area contributed by atoms with Gasteiger partial charge in [0, 0.05) is 11.5 Å². The van der Waals surface area contributed by atoms with E-state index in [0.29, 0.717) is 11.3 Å². The van der Waals surface area contributed by atoms with Crippen molar-refractivity contribution in [2.24, 2.45) is 0 Å². The Morgan fingerprint density at radius 3 is 2.79 bits per heavy atom. The van der Waals surface area contributed by atoms with Crippen molar-refractivity contribution < 1.29 is 19.1 Å². The van der Waals surface area contributed by atoms with Gasteiger partial charge in [0.25, 0.3) is 11.7 Å². The quantitative estimate of drug-likeness (QED) is 0.463. The molecule has 0 saturated carbocycles. The highest BCUT2D eigenvalue weighted by atomic mass is 16.5. The van der Waals surface area contributed by atoms with Gasteiger partial charge in [0.2, 0.25) is 0 Å². The molecule has 0 unspecified atom stereocenters. The Bertz CT molecular complexity index is 649. The number of rotatable bonds is 1. The number of Topliss-reactive ketones (excluding diaryl/α,β-unsaturated/α-hetero) is 1. The van der Waals surface area contributed by atoms with Crippen molar-refractivity contribution in [2.45, 2.75) is 13.8 Å². The molecule has 0 bridgehead atoms. The van der Waals surface area contributed by atoms with Crippen molar-refractivity contribution in [3.63, 3.8) is 0 Å². The molecule has 0 fully saturated rings. The minimum absolute atomic E-state index is 0.224. The van der Waals surface area contributed by atoms with Crippen LogP contribution in [0.1, 0.15) is 28.4 Å². The third-order valence-electron chi connectivity index (χ3n) is 2.66. The Morgan fingerprint density at radius 2 is 2.11 bits per heavy atom. The lowest BCUT2D eigenvalue weighted by Crippen LogP contribution is -2.13. The van der Waals surface area contributed by atoms with E-state index in [0.717, 1.165) is 5.56 Å². The third kappa shape index (κ3) is 2.33. The summed E-state index contributed by atoms with van der Waals surface area (Å²) in [6.07, 6.45) is 0. The molecule has 1 heterocycles. The molecule has 1 aromatic rings. The Balaban J connectivity index is 2.48. The summed E-state index contributed by atoms with van der Waals surface area (Å²) in [6.45, 7) is 3.67. The van der Waals surface area contributed by atoms with Gasteiger partial charge in [-0.15, -0.1) is 0 Å². The average Bonchev–Trinajstić information content (AvgIpc) is 2.65. The molecule has 1 aliphatic rings. The number of anilines is 1. The van der Waals surface area contributed by atoms with Crippen molar-refractivity contribution in [3.05, 3.63) is 28.8 Å². The van der Waals surface area contributed by atoms with Crippen LogP contribution in [0.25, 0.3) is 0 Å². The van der Waals surface area contributed by atoms with Gasteiger partial charge in [0.1, 0.15) is 0 Å². The Kier molecular flexibility index (Phi) is 3.34. The topological polar surface area (TPSA) is 72.5 Å². The van der Waals surface area contributed by atoms with E-state index >= 15 is 0 Å². The first kappa shape index (κ1) is 12.8. The summed E-state index contributed by atoms with van der Waals surface area (Å²) in [6, 6.07) is 3.37. The maximum atomic E-state index is 11.7. The Labute approximate surface area is 109 Å². The van der Waals surface area contributed by atoms with Crippen LogP contribution in [0.4, 0.5) is 5.69 Å². The molecule has 0 aromatic heterocycles. The van der Waals surface area contributed by atoms with Gasteiger partial charge in [-0.2, -0.15) is 0 Å². The zero-order valence-electron chi connectivity index (χ0n) is 10.5. The molecule has 1 aliphatic heterocycles. The molecule has 5 nitrogen and oxygen atoms in total. The van der Waals surface area contributed by atoms with E-state index in [1.807, 2.05) is 0 Å². The summed E-state index contributed by atoms with van der Waals surface area (Å²) in [5.74, 6) is 2.94. The monoisotopic (exact) mass is 257 g/mol. The van der Waals surface area contributed by atoms with E-state index in [1.54, 1.807) is 26.0 Å². The van der Waals surface area contributed by atoms with Crippen molar-refractivity contribution in [1.82, 2.24) is 0 Å². The molecule has 0 saturated heterocycles. The summed E-state index contributed by atoms with van der Waals surface area (Å²) < 4.78 is 4.69. The van der Waals surface area contributed by atoms with Crippen LogP contribution in [0.5, 0.6) is 0 Å². The molecule has 0 spiro atoms. The first-order valence-electron chi connectivity index (χ1n) is 5.72. The number of hydrogen-bond donors (Lipinski definition) is 1. The second-order valence-corrected chi connectivity index (χ2v) is 3.93. The summed E-state index contributed by atoms with van der Waals surface area (Å²) >= 11 is 0. The number of carbonyl (C=O) groups is 3. The first-order valence-corrected chi connectivity index (χ1v) is 5.72. The number of benzene rings is 1. The maximum Gasteiger partial charge on any atom is 0.384 e. The zero-order valence-corrected chi connectivity index (χ0v) is 10.5. The number of ketones is 1. The van der Waals surface area contributed by atoms with Gasteiger partial charge in [-0.3, -0.25) is 9.59 Å². The van der Waals surface area contributed by atoms with Crippen LogP contribution in [0, 0.1) is 18.8 Å². The molecule has 19 heavy (non-hydrogen) atoms. The largest absolute Gasteiger partial charge is 0.456 e. The Morgan fingerprint density at radius 1 is 1.37 bits per heavy atom. The van der Waals surface area contributed by atoms with E-state index in [-0.39, 0.29) is 12.2 Å². The number of ether oxygens (including phenoxy) is 1. The molecule has 0 aliphatic carbocycles. The highest BCUT2D eigenvalue weighted by Gasteiger charge is 2.30. The maximum absolute atomic E-state index is 11.7. The van der Waals surface area contributed by atoms with Crippen molar-refractivity contribution >= 4 is 23.3 Å². The van der Waals surface area contributed by atoms with Crippen LogP contribution < -0.4 is 5.32 Å². The summed E-state index contributed by atoms with van der Waals surface area (Å²) in [5, 5.41) is 2.46. The van der Waals surface area contributed by atoms with Gasteiger partial charge >= 0.3 is 5.97 Å². The van der Waals surface area contributed by atoms with Crippen LogP contribution in [0.15, 0.2) is 12.1 Å². The molecule has 1 amide bonds. The summed E-state index contributed by atoms with van der Waals surface area (Å²) in [4.78, 5) is 34.3. The fourth-order valence-corrected chi connectivity index (χ4v) is 1.78. The molecule has 1 N–H and O–H groups in total. The lowest BCUT2D eigenvalue weighted by molar-refractivity contribution is -0.136. The van der Waals surface area contributed by atoms with Gasteiger partial charge in [-0.1, -0.05) is 12.0 Å². The second kappa shape index (κ2) is 4.94. The van der Waals surface area contributed by atoms with Crippen molar-refractivity contribution in [3.8, 4) is 11.8 Å². The second-order valence-electron chi connectivity index (χ2n) is 3.93. The molecule has 0 radical (unpaired) electrons. The van der Waals surface area contributed by atoms with Crippen LogP contribution in [-0.2, 0) is 14.3 Å². The van der Waals surface area contributed by atoms with E-state index in [4.69, 9.17) is 4.74 Å². The van der Waals surface area contributed by atoms with Gasteiger partial charge < -0.3 is 10.1 Å². The molecule has 1 aromatic carbocycles. The van der Waals surface area contributed by atoms with Crippen LogP contribution in [0.3, 0.4) is 0 Å². The highest BCUT2D eigenvalue weighted by Crippen LogP contribution is 2.28. The third-order valence-corrected chi connectivity index (χ3v) is 2.66. The van der Waals surface area contributed by atoms with Crippen molar-refractivity contribution in [1.29, 1.82) is 0 Å². The van der Waals surface area contributed by atoms with E-state index in [2.05, 4.69) is 17.2 Å². The Hall–Kier alpha value is -2.61. The van der Waals surface area contributed by atoms with E-state index in [9.17, 15) is 14.4 Å². The molecular formula is C14H11NO4. The lowest BCUT2D eigenvalue weighted by atomic mass is 9.99. The minimum atomic E-state index is -0.681. The minimum Gasteiger partial charge on any atom is -0.456 e. The molecule has 5 heteroatoms. The number of aryl methyl sites for hydroxylation is 1. The standard InChI is InChI=1S/C14H11NO4/c1-3-19-11(16)7-5-9-8(2)4-6-10-12(9)13(17)14(18)15-10/h4,6H,3H2,1-2H3,(H,15,17,18). The fourth-order valence-electron chi connectivity index (χ4n) is 1.78. The summed E-state index contributed by atoms with van der Waals surface area (Å²) in [5.41, 5.74) is 1.75. The van der Waals surface area contributed by atoms with Crippen LogP contribution in [0.2, 0.25) is 0 Å². The van der Waals surface area contributed by atoms with Gasteiger partial charge in [-0.05, 0) is 25.5 Å². The normalized spacial score (nSPS) is 12.3. The predicted molar refractivity (Wildman–Crippen MR) is 67.7 cm³/mol. The zero-order chi connectivity index (χ0) is 14.0. The molecule has 96 valence electrons. The lowest BCUT2D eigenvalue weighted by Gasteiger charge is -2.03. The van der Waals surface area contributed by atoms with Crippen molar-refractivity contribution in [2.75, 3.05) is 11.9 Å². The predicted octanol–water partition coefficient (Wildman–Crippen LogP) is 1.04. The molecule has 2 rings (SSSR count). The highest BCUT2D eigenvalue weighted by molar-refractivity contribution is 6.52. The van der Waals surface area contributed by atoms with E-state index < -0.39 is 17.7 Å².